The predicted octanol–water partition coefficient (Wildman–Crippen LogP) is 2.87. The molecule has 0 bridgehead atoms. The number of aryl methyl sites for hydroxylation is 1. The maximum atomic E-state index is 12.4. The van der Waals surface area contributed by atoms with E-state index in [0.717, 1.165) is 21.1 Å². The minimum Gasteiger partial charge on any atom is -0.439 e. The summed E-state index contributed by atoms with van der Waals surface area (Å²) in [6, 6.07) is 16.7. The number of esters is 1. The van der Waals surface area contributed by atoms with Gasteiger partial charge in [-0.2, -0.15) is 9.94 Å². The molecular formula is C22H17N5O3. The molecule has 4 aromatic rings. The molecule has 0 saturated carbocycles. The predicted molar refractivity (Wildman–Crippen MR) is 111 cm³/mol. The maximum absolute atomic E-state index is 12.4. The summed E-state index contributed by atoms with van der Waals surface area (Å²) in [6.07, 6.45) is 5.24. The second-order valence-corrected chi connectivity index (χ2v) is 6.54. The minimum atomic E-state index is -0.606. The zero-order valence-corrected chi connectivity index (χ0v) is 15.9. The van der Waals surface area contributed by atoms with Gasteiger partial charge in [-0.1, -0.05) is 35.5 Å². The van der Waals surface area contributed by atoms with Crippen LogP contribution >= 0.6 is 0 Å². The van der Waals surface area contributed by atoms with Crippen molar-refractivity contribution in [3.05, 3.63) is 76.7 Å². The highest BCUT2D eigenvalue weighted by Gasteiger charge is 2.08. The molecule has 0 N–H and O–H groups in total. The summed E-state index contributed by atoms with van der Waals surface area (Å²) in [7, 11) is 0. The van der Waals surface area contributed by atoms with Crippen LogP contribution < -0.4 is 5.56 Å². The van der Waals surface area contributed by atoms with Crippen LogP contribution in [0, 0.1) is 11.3 Å². The molecule has 0 amide bonds. The van der Waals surface area contributed by atoms with Gasteiger partial charge in [-0.3, -0.25) is 4.79 Å². The third-order valence-electron chi connectivity index (χ3n) is 4.64. The number of para-hydroxylation sites is 1. The van der Waals surface area contributed by atoms with Crippen LogP contribution in [0.5, 0.6) is 0 Å². The molecule has 30 heavy (non-hydrogen) atoms. The van der Waals surface area contributed by atoms with Gasteiger partial charge >= 0.3 is 5.97 Å². The second-order valence-electron chi connectivity index (χ2n) is 6.54. The summed E-state index contributed by atoms with van der Waals surface area (Å²) in [6.45, 7) is 0.239. The molecule has 8 heteroatoms. The lowest BCUT2D eigenvalue weighted by molar-refractivity contribution is -0.141. The van der Waals surface area contributed by atoms with E-state index in [2.05, 4.69) is 16.4 Å². The third kappa shape index (κ3) is 3.82. The molecule has 2 aromatic carbocycles. The Kier molecular flexibility index (Phi) is 5.35. The van der Waals surface area contributed by atoms with E-state index in [4.69, 9.17) is 10.00 Å². The first-order valence-electron chi connectivity index (χ1n) is 9.29. The van der Waals surface area contributed by atoms with E-state index < -0.39 is 5.97 Å². The van der Waals surface area contributed by atoms with Gasteiger partial charge in [0.2, 0.25) is 0 Å². The number of hydrogen-bond acceptors (Lipinski definition) is 6. The number of aromatic nitrogens is 4. The molecule has 2 heterocycles. The quantitative estimate of drug-likeness (QED) is 0.365. The van der Waals surface area contributed by atoms with Gasteiger partial charge in [0, 0.05) is 35.3 Å². The number of fused-ring (bicyclic) bond motifs is 2. The van der Waals surface area contributed by atoms with E-state index in [1.54, 1.807) is 30.3 Å². The lowest BCUT2D eigenvalue weighted by Gasteiger charge is -2.04. The Balaban J connectivity index is 1.49. The maximum Gasteiger partial charge on any atom is 0.332 e. The zero-order valence-electron chi connectivity index (χ0n) is 15.9. The van der Waals surface area contributed by atoms with Gasteiger partial charge < -0.3 is 9.30 Å². The Bertz CT molecular complexity index is 1360. The summed E-state index contributed by atoms with van der Waals surface area (Å²) in [5.74, 6) is -0.606. The van der Waals surface area contributed by atoms with Crippen molar-refractivity contribution in [1.29, 1.82) is 5.26 Å². The van der Waals surface area contributed by atoms with E-state index in [-0.39, 0.29) is 12.3 Å². The van der Waals surface area contributed by atoms with Crippen molar-refractivity contribution in [2.24, 2.45) is 0 Å². The van der Waals surface area contributed by atoms with Crippen molar-refractivity contribution < 1.29 is 9.53 Å². The number of hydrogen-bond donors (Lipinski definition) is 0. The Labute approximate surface area is 171 Å². The van der Waals surface area contributed by atoms with Crippen LogP contribution in [0.15, 0.2) is 65.6 Å². The highest BCUT2D eigenvalue weighted by molar-refractivity contribution is 5.94. The number of nitriles is 1. The first-order valence-corrected chi connectivity index (χ1v) is 9.29. The van der Waals surface area contributed by atoms with E-state index >= 15 is 0 Å². The van der Waals surface area contributed by atoms with Crippen molar-refractivity contribution in [1.82, 2.24) is 19.6 Å². The van der Waals surface area contributed by atoms with Gasteiger partial charge in [0.05, 0.1) is 17.9 Å². The Morgan fingerprint density at radius 2 is 1.90 bits per heavy atom. The van der Waals surface area contributed by atoms with Gasteiger partial charge in [-0.15, -0.1) is 5.10 Å². The van der Waals surface area contributed by atoms with E-state index in [1.165, 1.54) is 6.08 Å². The molecule has 0 saturated heterocycles. The zero-order chi connectivity index (χ0) is 20.9. The molecule has 0 spiro atoms. The molecule has 0 atom stereocenters. The minimum absolute atomic E-state index is 0.330. The summed E-state index contributed by atoms with van der Waals surface area (Å²) in [5, 5.41) is 18.0. The topological polar surface area (TPSA) is 103 Å². The van der Waals surface area contributed by atoms with Crippen molar-refractivity contribution >= 4 is 33.9 Å². The van der Waals surface area contributed by atoms with Crippen molar-refractivity contribution in [2.75, 3.05) is 0 Å². The molecule has 0 radical (unpaired) electrons. The van der Waals surface area contributed by atoms with Crippen LogP contribution in [0.3, 0.4) is 0 Å². The van der Waals surface area contributed by atoms with Crippen LogP contribution in [0.1, 0.15) is 12.0 Å². The first kappa shape index (κ1) is 19.1. The van der Waals surface area contributed by atoms with Gasteiger partial charge in [-0.25, -0.2) is 4.79 Å². The highest BCUT2D eigenvalue weighted by Crippen LogP contribution is 2.22. The van der Waals surface area contributed by atoms with Crippen LogP contribution in [-0.4, -0.2) is 25.5 Å². The normalized spacial score (nSPS) is 11.2. The number of carbonyl (C=O) groups is 1. The molecule has 0 aliphatic carbocycles. The lowest BCUT2D eigenvalue weighted by Crippen LogP contribution is -2.26. The summed E-state index contributed by atoms with van der Waals surface area (Å²) < 4.78 is 8.13. The average Bonchev–Trinajstić information content (AvgIpc) is 3.14. The molecule has 0 aliphatic rings. The second kappa shape index (κ2) is 8.41. The molecule has 0 unspecified atom stereocenters. The van der Waals surface area contributed by atoms with Crippen LogP contribution in [0.25, 0.3) is 27.9 Å². The monoisotopic (exact) mass is 399 g/mol. The third-order valence-corrected chi connectivity index (χ3v) is 4.64. The van der Waals surface area contributed by atoms with Gasteiger partial charge in [-0.05, 0) is 24.3 Å². The number of benzene rings is 2. The van der Waals surface area contributed by atoms with Crippen LogP contribution in [-0.2, 0) is 22.8 Å². The van der Waals surface area contributed by atoms with Crippen molar-refractivity contribution in [3.63, 3.8) is 0 Å². The van der Waals surface area contributed by atoms with Gasteiger partial charge in [0.25, 0.3) is 5.56 Å². The summed E-state index contributed by atoms with van der Waals surface area (Å²) in [5.41, 5.74) is 1.93. The molecule has 2 aromatic heterocycles. The fourth-order valence-corrected chi connectivity index (χ4v) is 3.20. The molecule has 148 valence electrons. The van der Waals surface area contributed by atoms with Crippen LogP contribution in [0.2, 0.25) is 0 Å². The Morgan fingerprint density at radius 1 is 1.13 bits per heavy atom. The standard InChI is InChI=1S/C22H17N5O3/c23-12-5-13-26-14-16(17-6-2-4-9-20(17)26)10-11-21(28)30-15-27-22(29)18-7-1-3-8-19(18)24-25-27/h1-4,6-11,14H,5,13,15H2/b11-10+. The number of rotatable bonds is 6. The summed E-state index contributed by atoms with van der Waals surface area (Å²) in [4.78, 5) is 24.5. The van der Waals surface area contributed by atoms with Crippen molar-refractivity contribution in [2.45, 2.75) is 19.7 Å². The van der Waals surface area contributed by atoms with Gasteiger partial charge in [0.15, 0.2) is 6.73 Å². The van der Waals surface area contributed by atoms with E-state index in [1.807, 2.05) is 35.0 Å². The Hall–Kier alpha value is -4.25. The molecule has 0 fully saturated rings. The van der Waals surface area contributed by atoms with Crippen LogP contribution in [0.4, 0.5) is 0 Å². The SMILES string of the molecule is N#CCCn1cc(/C=C/C(=O)OCn2nnc3ccccc3c2=O)c2ccccc21. The molecule has 8 nitrogen and oxygen atoms in total. The summed E-state index contributed by atoms with van der Waals surface area (Å²) >= 11 is 0. The number of carbonyl (C=O) groups excluding carboxylic acids is 1. The van der Waals surface area contributed by atoms with Crippen molar-refractivity contribution in [3.8, 4) is 6.07 Å². The molecular weight excluding hydrogens is 382 g/mol. The smallest absolute Gasteiger partial charge is 0.332 e. The average molecular weight is 399 g/mol. The van der Waals surface area contributed by atoms with E-state index in [0.29, 0.717) is 23.9 Å². The van der Waals surface area contributed by atoms with E-state index in [9.17, 15) is 9.59 Å². The molecule has 4 rings (SSSR count). The highest BCUT2D eigenvalue weighted by atomic mass is 16.5. The van der Waals surface area contributed by atoms with Gasteiger partial charge in [0.1, 0.15) is 5.52 Å². The number of nitrogens with zero attached hydrogens (tertiary/aromatic N) is 5. The largest absolute Gasteiger partial charge is 0.439 e. The number of ether oxygens (including phenoxy) is 1. The fourth-order valence-electron chi connectivity index (χ4n) is 3.20. The first-order chi connectivity index (χ1) is 14.7. The fraction of sp³-hybridized carbons (Fsp3) is 0.136. The molecule has 0 aliphatic heterocycles. The Morgan fingerprint density at radius 3 is 2.73 bits per heavy atom. The lowest BCUT2D eigenvalue weighted by atomic mass is 10.1.